The van der Waals surface area contributed by atoms with E-state index in [2.05, 4.69) is 5.32 Å². The first-order valence-electron chi connectivity index (χ1n) is 6.86. The third-order valence-electron chi connectivity index (χ3n) is 3.20. The first-order chi connectivity index (χ1) is 9.85. The third-order valence-corrected chi connectivity index (χ3v) is 4.80. The van der Waals surface area contributed by atoms with Crippen molar-refractivity contribution in [3.8, 4) is 0 Å². The van der Waals surface area contributed by atoms with Crippen molar-refractivity contribution in [3.05, 3.63) is 29.8 Å². The highest BCUT2D eigenvalue weighted by molar-refractivity contribution is 7.86. The Hall–Kier alpha value is -1.69. The summed E-state index contributed by atoms with van der Waals surface area (Å²) in [6.45, 7) is 5.49. The maximum Gasteiger partial charge on any atom is 0.307 e. The van der Waals surface area contributed by atoms with Gasteiger partial charge in [-0.3, -0.25) is 13.8 Å². The minimum absolute atomic E-state index is 0.0508. The van der Waals surface area contributed by atoms with E-state index in [-0.39, 0.29) is 18.4 Å². The van der Waals surface area contributed by atoms with Crippen LogP contribution in [-0.2, 0) is 26.8 Å². The van der Waals surface area contributed by atoms with Crippen LogP contribution in [0.25, 0.3) is 0 Å². The Morgan fingerprint density at radius 1 is 1.24 bits per heavy atom. The number of rotatable bonds is 7. The first-order valence-corrected chi connectivity index (χ1v) is 8.08. The van der Waals surface area contributed by atoms with Gasteiger partial charge in [-0.25, -0.2) is 0 Å². The number of aliphatic carboxylic acids is 1. The second kappa shape index (κ2) is 7.93. The molecule has 1 aromatic carbocycles. The summed E-state index contributed by atoms with van der Waals surface area (Å²) in [4.78, 5) is 23.1. The van der Waals surface area contributed by atoms with E-state index in [1.165, 1.54) is 0 Å². The molecule has 0 saturated heterocycles. The van der Waals surface area contributed by atoms with Crippen LogP contribution < -0.4 is 5.32 Å². The molecular weight excluding hydrogens is 290 g/mol. The third kappa shape index (κ3) is 5.30. The van der Waals surface area contributed by atoms with Gasteiger partial charge in [0.05, 0.1) is 17.2 Å². The Morgan fingerprint density at radius 2 is 1.81 bits per heavy atom. The van der Waals surface area contributed by atoms with Gasteiger partial charge in [-0.15, -0.1) is 0 Å². The fourth-order valence-corrected chi connectivity index (χ4v) is 2.75. The predicted molar refractivity (Wildman–Crippen MR) is 81.5 cm³/mol. The average Bonchev–Trinajstić information content (AvgIpc) is 2.45. The summed E-state index contributed by atoms with van der Waals surface area (Å²) in [5, 5.41) is 10.9. The highest BCUT2D eigenvalue weighted by atomic mass is 32.2. The van der Waals surface area contributed by atoms with E-state index in [1.54, 1.807) is 31.2 Å². The van der Waals surface area contributed by atoms with Gasteiger partial charge in [0.15, 0.2) is 0 Å². The molecule has 21 heavy (non-hydrogen) atoms. The largest absolute Gasteiger partial charge is 0.481 e. The Kier molecular flexibility index (Phi) is 6.55. The van der Waals surface area contributed by atoms with Crippen LogP contribution in [-0.4, -0.2) is 32.5 Å². The summed E-state index contributed by atoms with van der Waals surface area (Å²) in [5.74, 6) is -1.15. The molecule has 5 nitrogen and oxygen atoms in total. The molecule has 1 aromatic rings. The number of benzene rings is 1. The highest BCUT2D eigenvalue weighted by Crippen LogP contribution is 2.13. The molecular formula is C15H21NO4S. The fourth-order valence-electron chi connectivity index (χ4n) is 1.68. The molecule has 116 valence electrons. The number of carbonyl (C=O) groups excluding carboxylic acids is 1. The van der Waals surface area contributed by atoms with E-state index < -0.39 is 22.0 Å². The summed E-state index contributed by atoms with van der Waals surface area (Å²) in [7, 11) is -1.46. The van der Waals surface area contributed by atoms with Crippen LogP contribution in [0.4, 0.5) is 0 Å². The van der Waals surface area contributed by atoms with Crippen molar-refractivity contribution in [2.24, 2.45) is 0 Å². The number of carboxylic acids is 1. The van der Waals surface area contributed by atoms with Gasteiger partial charge in [-0.2, -0.15) is 0 Å². The highest BCUT2D eigenvalue weighted by Gasteiger charge is 2.22. The van der Waals surface area contributed by atoms with Crippen LogP contribution in [0.3, 0.4) is 0 Å². The summed E-state index contributed by atoms with van der Waals surface area (Å²) in [6, 6.07) is 6.53. The van der Waals surface area contributed by atoms with Crippen LogP contribution in [0.15, 0.2) is 29.2 Å². The topological polar surface area (TPSA) is 83.5 Å². The zero-order valence-corrected chi connectivity index (χ0v) is 13.3. The molecule has 0 fully saturated rings. The lowest BCUT2D eigenvalue weighted by Crippen LogP contribution is -2.40. The minimum atomic E-state index is -1.46. The van der Waals surface area contributed by atoms with E-state index >= 15 is 0 Å². The summed E-state index contributed by atoms with van der Waals surface area (Å²) in [6.07, 6.45) is 0.742. The Morgan fingerprint density at radius 3 is 2.29 bits per heavy atom. The van der Waals surface area contributed by atoms with Gasteiger partial charge in [-0.1, -0.05) is 19.1 Å². The van der Waals surface area contributed by atoms with Crippen molar-refractivity contribution in [2.45, 2.75) is 49.8 Å². The molecule has 3 unspecified atom stereocenters. The molecule has 1 amide bonds. The molecule has 0 aliphatic carbocycles. The van der Waals surface area contributed by atoms with Crippen LogP contribution in [0.2, 0.25) is 0 Å². The molecule has 0 radical (unpaired) electrons. The molecule has 6 heteroatoms. The van der Waals surface area contributed by atoms with Gasteiger partial charge in [0.1, 0.15) is 5.25 Å². The average molecular weight is 311 g/mol. The number of hydrogen-bond acceptors (Lipinski definition) is 3. The monoisotopic (exact) mass is 311 g/mol. The maximum absolute atomic E-state index is 12.3. The number of nitrogens with one attached hydrogen (secondary N) is 1. The summed E-state index contributed by atoms with van der Waals surface area (Å²) in [5.41, 5.74) is 0.639. The lowest BCUT2D eigenvalue weighted by Gasteiger charge is -2.16. The maximum atomic E-state index is 12.3. The normalized spacial score (nSPS) is 15.0. The van der Waals surface area contributed by atoms with E-state index in [4.69, 9.17) is 5.11 Å². The molecule has 0 heterocycles. The molecule has 3 atom stereocenters. The zero-order valence-electron chi connectivity index (χ0n) is 12.5. The molecule has 0 bridgehead atoms. The Balaban J connectivity index is 2.74. The first kappa shape index (κ1) is 17.4. The van der Waals surface area contributed by atoms with Gasteiger partial charge in [0.2, 0.25) is 5.91 Å². The van der Waals surface area contributed by atoms with Gasteiger partial charge < -0.3 is 10.4 Å². The summed E-state index contributed by atoms with van der Waals surface area (Å²) >= 11 is 0. The molecule has 0 aliphatic heterocycles. The number of hydrogen-bond donors (Lipinski definition) is 2. The van der Waals surface area contributed by atoms with Crippen molar-refractivity contribution in [1.82, 2.24) is 5.32 Å². The lowest BCUT2D eigenvalue weighted by atomic mass is 10.2. The van der Waals surface area contributed by atoms with Gasteiger partial charge in [0.25, 0.3) is 0 Å². The van der Waals surface area contributed by atoms with Crippen molar-refractivity contribution in [2.75, 3.05) is 0 Å². The van der Waals surface area contributed by atoms with Crippen LogP contribution >= 0.6 is 0 Å². The zero-order chi connectivity index (χ0) is 16.0. The van der Waals surface area contributed by atoms with Crippen LogP contribution in [0.1, 0.15) is 32.8 Å². The van der Waals surface area contributed by atoms with Gasteiger partial charge >= 0.3 is 5.97 Å². The number of amides is 1. The van der Waals surface area contributed by atoms with Crippen molar-refractivity contribution in [1.29, 1.82) is 0 Å². The van der Waals surface area contributed by atoms with Crippen LogP contribution in [0.5, 0.6) is 0 Å². The van der Waals surface area contributed by atoms with Crippen LogP contribution in [0, 0.1) is 0 Å². The minimum Gasteiger partial charge on any atom is -0.481 e. The van der Waals surface area contributed by atoms with Crippen molar-refractivity contribution < 1.29 is 18.9 Å². The lowest BCUT2D eigenvalue weighted by molar-refractivity contribution is -0.136. The molecule has 0 saturated carbocycles. The van der Waals surface area contributed by atoms with E-state index in [0.717, 1.165) is 6.42 Å². The molecule has 0 spiro atoms. The quantitative estimate of drug-likeness (QED) is 0.803. The second-order valence-electron chi connectivity index (χ2n) is 4.97. The molecule has 0 aliphatic rings. The standard InChI is InChI=1S/C15H21NO4S/c1-4-10(2)16-15(19)11(3)21(20)13-7-5-12(6-8-13)9-14(17)18/h5-8,10-11H,4,9H2,1-3H3,(H,16,19)(H,17,18). The van der Waals surface area contributed by atoms with E-state index in [0.29, 0.717) is 10.5 Å². The van der Waals surface area contributed by atoms with E-state index in [1.807, 2.05) is 13.8 Å². The molecule has 0 aromatic heterocycles. The summed E-state index contributed by atoms with van der Waals surface area (Å²) < 4.78 is 12.3. The van der Waals surface area contributed by atoms with Crippen molar-refractivity contribution in [3.63, 3.8) is 0 Å². The van der Waals surface area contributed by atoms with E-state index in [9.17, 15) is 13.8 Å². The smallest absolute Gasteiger partial charge is 0.307 e. The van der Waals surface area contributed by atoms with Crippen molar-refractivity contribution >= 4 is 22.7 Å². The Labute approximate surface area is 127 Å². The number of carboxylic acid groups (broad SMARTS) is 1. The SMILES string of the molecule is CCC(C)NC(=O)C(C)S(=O)c1ccc(CC(=O)O)cc1. The predicted octanol–water partition coefficient (Wildman–Crippen LogP) is 1.72. The Bertz CT molecular complexity index is 527. The molecule has 1 rings (SSSR count). The second-order valence-corrected chi connectivity index (χ2v) is 6.75. The van der Waals surface area contributed by atoms with Gasteiger partial charge in [-0.05, 0) is 38.0 Å². The number of carbonyl (C=O) groups is 2. The molecule has 2 N–H and O–H groups in total. The fraction of sp³-hybridized carbons (Fsp3) is 0.467. The van der Waals surface area contributed by atoms with Gasteiger partial charge in [0, 0.05) is 10.9 Å².